The summed E-state index contributed by atoms with van der Waals surface area (Å²) in [5, 5.41) is 2.93. The Morgan fingerprint density at radius 1 is 1.46 bits per heavy atom. The summed E-state index contributed by atoms with van der Waals surface area (Å²) in [6.07, 6.45) is 2.18. The molecule has 3 rings (SSSR count). The average molecular weight is 326 g/mol. The number of amidine groups is 1. The van der Waals surface area contributed by atoms with Crippen LogP contribution in [0.15, 0.2) is 35.8 Å². The molecular formula is C18H22N4O2. The van der Waals surface area contributed by atoms with E-state index >= 15 is 0 Å². The number of aliphatic imine (C=N–C) groups is 1. The lowest BCUT2D eigenvalue weighted by Gasteiger charge is -2.35. The van der Waals surface area contributed by atoms with Crippen molar-refractivity contribution in [2.24, 2.45) is 10.9 Å². The Labute approximate surface area is 141 Å². The minimum Gasteiger partial charge on any atom is -0.326 e. The van der Waals surface area contributed by atoms with Gasteiger partial charge >= 0.3 is 6.03 Å². The number of benzene rings is 1. The van der Waals surface area contributed by atoms with Gasteiger partial charge in [0.2, 0.25) is 5.91 Å². The number of nitrogens with one attached hydrogen (secondary N) is 1. The van der Waals surface area contributed by atoms with E-state index in [1.54, 1.807) is 15.9 Å². The Morgan fingerprint density at radius 2 is 2.25 bits per heavy atom. The molecule has 0 aliphatic carbocycles. The van der Waals surface area contributed by atoms with Gasteiger partial charge in [0.1, 0.15) is 5.84 Å². The largest absolute Gasteiger partial charge is 0.330 e. The summed E-state index contributed by atoms with van der Waals surface area (Å²) in [4.78, 5) is 32.4. The van der Waals surface area contributed by atoms with Crippen molar-refractivity contribution >= 4 is 29.1 Å². The number of urea groups is 1. The van der Waals surface area contributed by atoms with Crippen molar-refractivity contribution in [1.29, 1.82) is 0 Å². The Kier molecular flexibility index (Phi) is 4.38. The van der Waals surface area contributed by atoms with E-state index in [9.17, 15) is 9.59 Å². The Morgan fingerprint density at radius 3 is 2.96 bits per heavy atom. The third-order valence-electron chi connectivity index (χ3n) is 4.02. The molecule has 0 spiro atoms. The normalized spacial score (nSPS) is 16.0. The number of rotatable bonds is 5. The van der Waals surface area contributed by atoms with Crippen LogP contribution in [0.2, 0.25) is 0 Å². The number of amides is 3. The summed E-state index contributed by atoms with van der Waals surface area (Å²) < 4.78 is 0. The molecule has 24 heavy (non-hydrogen) atoms. The SMILES string of the molecule is C=CCN1C(=O)N2CCN=C2c2cc(NC(=O)CC(C)C)ccc21. The fourth-order valence-corrected chi connectivity index (χ4v) is 3.03. The third kappa shape index (κ3) is 2.91. The highest BCUT2D eigenvalue weighted by molar-refractivity contribution is 6.20. The van der Waals surface area contributed by atoms with Crippen molar-refractivity contribution < 1.29 is 9.59 Å². The van der Waals surface area contributed by atoms with Crippen LogP contribution < -0.4 is 10.2 Å². The first-order valence-electron chi connectivity index (χ1n) is 8.20. The molecule has 6 heteroatoms. The predicted octanol–water partition coefficient (Wildman–Crippen LogP) is 2.86. The number of carbonyl (C=O) groups is 2. The van der Waals surface area contributed by atoms with Crippen molar-refractivity contribution in [2.75, 3.05) is 29.9 Å². The lowest BCUT2D eigenvalue weighted by molar-refractivity contribution is -0.116. The maximum absolute atomic E-state index is 12.6. The van der Waals surface area contributed by atoms with E-state index in [0.29, 0.717) is 37.8 Å². The maximum atomic E-state index is 12.6. The molecule has 2 aliphatic rings. The fraction of sp³-hybridized carbons (Fsp3) is 0.389. The van der Waals surface area contributed by atoms with Crippen LogP contribution in [0.25, 0.3) is 0 Å². The lowest BCUT2D eigenvalue weighted by atomic mass is 10.1. The number of nitrogens with zero attached hydrogens (tertiary/aromatic N) is 3. The summed E-state index contributed by atoms with van der Waals surface area (Å²) in [6.45, 7) is 9.38. The lowest BCUT2D eigenvalue weighted by Crippen LogP contribution is -2.49. The van der Waals surface area contributed by atoms with Gasteiger partial charge in [0.25, 0.3) is 0 Å². The van der Waals surface area contributed by atoms with Crippen molar-refractivity contribution in [1.82, 2.24) is 4.90 Å². The fourth-order valence-electron chi connectivity index (χ4n) is 3.03. The molecule has 0 saturated carbocycles. The van der Waals surface area contributed by atoms with Crippen LogP contribution in [0, 0.1) is 5.92 Å². The first-order chi connectivity index (χ1) is 11.5. The predicted molar refractivity (Wildman–Crippen MR) is 95.6 cm³/mol. The molecular weight excluding hydrogens is 304 g/mol. The Balaban J connectivity index is 1.95. The second kappa shape index (κ2) is 6.47. The van der Waals surface area contributed by atoms with Crippen molar-refractivity contribution in [3.8, 4) is 0 Å². The molecule has 1 aromatic carbocycles. The van der Waals surface area contributed by atoms with E-state index in [1.165, 1.54) is 0 Å². The molecule has 1 N–H and O–H groups in total. The van der Waals surface area contributed by atoms with Crippen molar-refractivity contribution in [3.63, 3.8) is 0 Å². The number of fused-ring (bicyclic) bond motifs is 3. The van der Waals surface area contributed by atoms with Crippen LogP contribution in [0.3, 0.4) is 0 Å². The Bertz CT molecular complexity index is 724. The van der Waals surface area contributed by atoms with Gasteiger partial charge in [-0.25, -0.2) is 4.79 Å². The van der Waals surface area contributed by atoms with Gasteiger partial charge in [-0.05, 0) is 24.1 Å². The zero-order valence-electron chi connectivity index (χ0n) is 14.1. The molecule has 0 fully saturated rings. The topological polar surface area (TPSA) is 65.0 Å². The monoisotopic (exact) mass is 326 g/mol. The van der Waals surface area contributed by atoms with Crippen LogP contribution in [0.1, 0.15) is 25.8 Å². The van der Waals surface area contributed by atoms with Gasteiger partial charge in [0.15, 0.2) is 0 Å². The quantitative estimate of drug-likeness (QED) is 0.846. The molecule has 0 unspecified atom stereocenters. The van der Waals surface area contributed by atoms with Crippen LogP contribution in [-0.2, 0) is 4.79 Å². The molecule has 126 valence electrons. The summed E-state index contributed by atoms with van der Waals surface area (Å²) in [7, 11) is 0. The number of hydrogen-bond acceptors (Lipinski definition) is 3. The number of anilines is 2. The summed E-state index contributed by atoms with van der Waals surface area (Å²) in [5.74, 6) is 0.985. The summed E-state index contributed by atoms with van der Waals surface area (Å²) >= 11 is 0. The second-order valence-electron chi connectivity index (χ2n) is 6.42. The van der Waals surface area contributed by atoms with Gasteiger partial charge in [0.05, 0.1) is 12.2 Å². The molecule has 3 amide bonds. The van der Waals surface area contributed by atoms with Gasteiger partial charge in [-0.1, -0.05) is 19.9 Å². The van der Waals surface area contributed by atoms with Gasteiger partial charge < -0.3 is 5.32 Å². The standard InChI is InChI=1S/C18H22N4O2/c1-4-8-21-15-6-5-13(20-16(23)10-12(2)3)11-14(15)17-19-7-9-22(17)18(21)24/h4-6,11-12H,1,7-10H2,2-3H3,(H,20,23). The Hall–Kier alpha value is -2.63. The van der Waals surface area contributed by atoms with Gasteiger partial charge in [0, 0.05) is 30.8 Å². The highest BCUT2D eigenvalue weighted by Gasteiger charge is 2.36. The zero-order chi connectivity index (χ0) is 17.3. The first kappa shape index (κ1) is 16.2. The molecule has 0 atom stereocenters. The summed E-state index contributed by atoms with van der Waals surface area (Å²) in [6, 6.07) is 5.51. The van der Waals surface area contributed by atoms with E-state index in [2.05, 4.69) is 16.9 Å². The minimum absolute atomic E-state index is 0.00926. The van der Waals surface area contributed by atoms with Crippen LogP contribution in [0.5, 0.6) is 0 Å². The van der Waals surface area contributed by atoms with Crippen LogP contribution >= 0.6 is 0 Å². The molecule has 0 aromatic heterocycles. The van der Waals surface area contributed by atoms with Gasteiger partial charge in [-0.15, -0.1) is 6.58 Å². The van der Waals surface area contributed by atoms with E-state index in [-0.39, 0.29) is 11.9 Å². The number of carbonyl (C=O) groups excluding carboxylic acids is 2. The highest BCUT2D eigenvalue weighted by Crippen LogP contribution is 2.33. The van der Waals surface area contributed by atoms with Crippen molar-refractivity contribution in [2.45, 2.75) is 20.3 Å². The molecule has 0 saturated heterocycles. The van der Waals surface area contributed by atoms with E-state index in [4.69, 9.17) is 0 Å². The maximum Gasteiger partial charge on any atom is 0.330 e. The molecule has 0 bridgehead atoms. The molecule has 2 aliphatic heterocycles. The first-order valence-corrected chi connectivity index (χ1v) is 8.20. The second-order valence-corrected chi connectivity index (χ2v) is 6.42. The van der Waals surface area contributed by atoms with E-state index in [0.717, 1.165) is 16.9 Å². The zero-order valence-corrected chi connectivity index (χ0v) is 14.1. The van der Waals surface area contributed by atoms with E-state index in [1.807, 2.05) is 32.0 Å². The van der Waals surface area contributed by atoms with Gasteiger partial charge in [-0.2, -0.15) is 0 Å². The highest BCUT2D eigenvalue weighted by atomic mass is 16.2. The minimum atomic E-state index is -0.0738. The summed E-state index contributed by atoms with van der Waals surface area (Å²) in [5.41, 5.74) is 2.40. The average Bonchev–Trinajstić information content (AvgIpc) is 3.00. The van der Waals surface area contributed by atoms with Crippen molar-refractivity contribution in [3.05, 3.63) is 36.4 Å². The molecule has 6 nitrogen and oxygen atoms in total. The van der Waals surface area contributed by atoms with Gasteiger partial charge in [-0.3, -0.25) is 19.6 Å². The molecule has 0 radical (unpaired) electrons. The smallest absolute Gasteiger partial charge is 0.326 e. The van der Waals surface area contributed by atoms with E-state index < -0.39 is 0 Å². The van der Waals surface area contributed by atoms with Crippen LogP contribution in [-0.4, -0.2) is 42.3 Å². The number of hydrogen-bond donors (Lipinski definition) is 1. The molecule has 1 aromatic rings. The third-order valence-corrected chi connectivity index (χ3v) is 4.02. The molecule has 2 heterocycles. The van der Waals surface area contributed by atoms with Crippen LogP contribution in [0.4, 0.5) is 16.2 Å².